The van der Waals surface area contributed by atoms with Gasteiger partial charge in [0.2, 0.25) is 6.79 Å². The molecule has 0 saturated heterocycles. The highest BCUT2D eigenvalue weighted by Gasteiger charge is 2.49. The SMILES string of the molecule is COc1ccc2c(c1OC(=O)/C=C/C13CC4CC(CC(C4)C1)C3)CN1CCc3cc4c(cc3C1C2)OCO4. The molecule has 198 valence electrons. The number of carbonyl (C=O) groups excluding carboxylic acids is 1. The van der Waals surface area contributed by atoms with Gasteiger partial charge in [-0.05, 0) is 109 Å². The highest BCUT2D eigenvalue weighted by molar-refractivity contribution is 5.85. The van der Waals surface area contributed by atoms with Gasteiger partial charge < -0.3 is 18.9 Å². The number of methoxy groups -OCH3 is 1. The number of rotatable bonds is 4. The molecule has 4 aliphatic carbocycles. The molecule has 0 N–H and O–H groups in total. The van der Waals surface area contributed by atoms with Crippen molar-refractivity contribution < 1.29 is 23.7 Å². The zero-order chi connectivity index (χ0) is 25.4. The smallest absolute Gasteiger partial charge is 0.335 e. The van der Waals surface area contributed by atoms with Gasteiger partial charge in [0.25, 0.3) is 0 Å². The number of ether oxygens (including phenoxy) is 4. The van der Waals surface area contributed by atoms with Gasteiger partial charge in [-0.2, -0.15) is 0 Å². The minimum atomic E-state index is -0.286. The molecule has 2 aromatic rings. The highest BCUT2D eigenvalue weighted by Crippen LogP contribution is 2.60. The molecule has 6 heteroatoms. The van der Waals surface area contributed by atoms with E-state index in [0.717, 1.165) is 60.7 Å². The number of allylic oxidation sites excluding steroid dienone is 1. The second-order valence-corrected chi connectivity index (χ2v) is 12.6. The monoisotopic (exact) mass is 513 g/mol. The maximum absolute atomic E-state index is 13.2. The molecule has 0 spiro atoms. The van der Waals surface area contributed by atoms with E-state index in [1.807, 2.05) is 6.07 Å². The van der Waals surface area contributed by atoms with Crippen molar-refractivity contribution in [1.82, 2.24) is 4.90 Å². The lowest BCUT2D eigenvalue weighted by Crippen LogP contribution is -2.45. The van der Waals surface area contributed by atoms with Crippen LogP contribution < -0.4 is 18.9 Å². The van der Waals surface area contributed by atoms with Crippen molar-refractivity contribution in [2.24, 2.45) is 23.2 Å². The van der Waals surface area contributed by atoms with Crippen LogP contribution in [0, 0.1) is 23.2 Å². The van der Waals surface area contributed by atoms with E-state index in [2.05, 4.69) is 29.2 Å². The third-order valence-electron chi connectivity index (χ3n) is 10.3. The largest absolute Gasteiger partial charge is 0.493 e. The van der Waals surface area contributed by atoms with Crippen LogP contribution in [0.5, 0.6) is 23.0 Å². The summed E-state index contributed by atoms with van der Waals surface area (Å²) in [5.41, 5.74) is 5.15. The summed E-state index contributed by atoms with van der Waals surface area (Å²) in [5, 5.41) is 0. The van der Waals surface area contributed by atoms with E-state index in [1.165, 1.54) is 55.2 Å². The summed E-state index contributed by atoms with van der Waals surface area (Å²) in [6.07, 6.45) is 13.7. The first-order valence-corrected chi connectivity index (χ1v) is 14.3. The van der Waals surface area contributed by atoms with Gasteiger partial charge in [-0.3, -0.25) is 4.90 Å². The molecule has 3 heterocycles. The number of hydrogen-bond acceptors (Lipinski definition) is 6. The zero-order valence-electron chi connectivity index (χ0n) is 22.0. The van der Waals surface area contributed by atoms with Crippen molar-refractivity contribution in [2.45, 2.75) is 64.0 Å². The Kier molecular flexibility index (Phi) is 5.14. The molecule has 9 rings (SSSR count). The fourth-order valence-electron chi connectivity index (χ4n) is 9.03. The van der Waals surface area contributed by atoms with Crippen molar-refractivity contribution in [3.8, 4) is 23.0 Å². The zero-order valence-corrected chi connectivity index (χ0v) is 22.0. The number of benzene rings is 2. The van der Waals surface area contributed by atoms with Gasteiger partial charge in [-0.1, -0.05) is 12.1 Å². The van der Waals surface area contributed by atoms with Gasteiger partial charge in [0.1, 0.15) is 0 Å². The third kappa shape index (κ3) is 3.67. The van der Waals surface area contributed by atoms with Crippen molar-refractivity contribution in [1.29, 1.82) is 0 Å². The molecule has 2 aromatic carbocycles. The third-order valence-corrected chi connectivity index (χ3v) is 10.3. The van der Waals surface area contributed by atoms with Crippen molar-refractivity contribution in [3.63, 3.8) is 0 Å². The van der Waals surface area contributed by atoms with Crippen LogP contribution in [0.1, 0.15) is 66.8 Å². The standard InChI is InChI=1S/C32H35NO5/c1-35-27-3-2-22-11-26-24-13-29-28(36-18-37-29)12-23(24)5-7-33(26)17-25(22)31(27)38-30(34)4-6-32-14-19-8-20(15-32)10-21(9-19)16-32/h2-4,6,12-13,19-21,26H,5,7-11,14-18H2,1H3/b6-4+. The minimum Gasteiger partial charge on any atom is -0.493 e. The molecule has 3 aliphatic heterocycles. The lowest BCUT2D eigenvalue weighted by Gasteiger charge is -2.55. The molecule has 1 unspecified atom stereocenters. The first-order valence-electron chi connectivity index (χ1n) is 14.3. The fraction of sp³-hybridized carbons (Fsp3) is 0.531. The van der Waals surface area contributed by atoms with Crippen LogP contribution in [-0.2, 0) is 24.2 Å². The van der Waals surface area contributed by atoms with E-state index < -0.39 is 0 Å². The topological polar surface area (TPSA) is 57.2 Å². The van der Waals surface area contributed by atoms with Crippen molar-refractivity contribution in [3.05, 3.63) is 58.7 Å². The first-order chi connectivity index (χ1) is 18.6. The second-order valence-electron chi connectivity index (χ2n) is 12.6. The van der Waals surface area contributed by atoms with Gasteiger partial charge in [0, 0.05) is 30.8 Å². The van der Waals surface area contributed by atoms with Gasteiger partial charge in [-0.25, -0.2) is 4.79 Å². The van der Waals surface area contributed by atoms with Gasteiger partial charge in [0.15, 0.2) is 23.0 Å². The summed E-state index contributed by atoms with van der Waals surface area (Å²) in [6, 6.07) is 8.67. The van der Waals surface area contributed by atoms with Crippen LogP contribution in [0.3, 0.4) is 0 Å². The van der Waals surface area contributed by atoms with Crippen LogP contribution >= 0.6 is 0 Å². The predicted octanol–water partition coefficient (Wildman–Crippen LogP) is 5.76. The molecule has 0 aromatic heterocycles. The fourth-order valence-corrected chi connectivity index (χ4v) is 9.03. The molecular formula is C32H35NO5. The summed E-state index contributed by atoms with van der Waals surface area (Å²) < 4.78 is 23.1. The van der Waals surface area contributed by atoms with Crippen LogP contribution in [0.15, 0.2) is 36.4 Å². The summed E-state index contributed by atoms with van der Waals surface area (Å²) in [6.45, 7) is 1.97. The highest BCUT2D eigenvalue weighted by atomic mass is 16.7. The maximum Gasteiger partial charge on any atom is 0.335 e. The quantitative estimate of drug-likeness (QED) is 0.295. The Bertz CT molecular complexity index is 1310. The minimum absolute atomic E-state index is 0.206. The predicted molar refractivity (Wildman–Crippen MR) is 141 cm³/mol. The summed E-state index contributed by atoms with van der Waals surface area (Å²) in [4.78, 5) is 15.7. The average molecular weight is 514 g/mol. The Hall–Kier alpha value is -2.99. The van der Waals surface area contributed by atoms with E-state index in [4.69, 9.17) is 18.9 Å². The van der Waals surface area contributed by atoms with E-state index in [1.54, 1.807) is 13.2 Å². The van der Waals surface area contributed by atoms with Gasteiger partial charge in [0.05, 0.1) is 7.11 Å². The Morgan fingerprint density at radius 2 is 1.76 bits per heavy atom. The molecule has 4 bridgehead atoms. The molecule has 6 nitrogen and oxygen atoms in total. The normalized spacial score (nSPS) is 32.1. The Balaban J connectivity index is 1.06. The van der Waals surface area contributed by atoms with E-state index >= 15 is 0 Å². The lowest BCUT2D eigenvalue weighted by atomic mass is 9.49. The lowest BCUT2D eigenvalue weighted by molar-refractivity contribution is -0.129. The molecule has 1 atom stereocenters. The number of esters is 1. The van der Waals surface area contributed by atoms with Crippen LogP contribution in [0.4, 0.5) is 0 Å². The van der Waals surface area contributed by atoms with Crippen LogP contribution in [0.25, 0.3) is 0 Å². The number of carbonyl (C=O) groups is 1. The number of fused-ring (bicyclic) bond motifs is 5. The summed E-state index contributed by atoms with van der Waals surface area (Å²) >= 11 is 0. The average Bonchev–Trinajstić information content (AvgIpc) is 3.37. The van der Waals surface area contributed by atoms with E-state index in [-0.39, 0.29) is 17.4 Å². The van der Waals surface area contributed by atoms with E-state index in [9.17, 15) is 4.79 Å². The first kappa shape index (κ1) is 22.9. The van der Waals surface area contributed by atoms with Crippen LogP contribution in [0.2, 0.25) is 0 Å². The van der Waals surface area contributed by atoms with Crippen molar-refractivity contribution >= 4 is 5.97 Å². The molecule has 7 aliphatic rings. The van der Waals surface area contributed by atoms with Crippen LogP contribution in [-0.4, -0.2) is 31.3 Å². The number of nitrogens with zero attached hydrogens (tertiary/aromatic N) is 1. The molecule has 4 saturated carbocycles. The van der Waals surface area contributed by atoms with Gasteiger partial charge >= 0.3 is 5.97 Å². The summed E-state index contributed by atoms with van der Waals surface area (Å²) in [5.74, 6) is 5.18. The van der Waals surface area contributed by atoms with Gasteiger partial charge in [-0.15, -0.1) is 0 Å². The molecule has 0 amide bonds. The maximum atomic E-state index is 13.2. The summed E-state index contributed by atoms with van der Waals surface area (Å²) in [7, 11) is 1.65. The Morgan fingerprint density at radius 3 is 2.50 bits per heavy atom. The molecule has 4 fully saturated rings. The Morgan fingerprint density at radius 1 is 1.03 bits per heavy atom. The molecule has 38 heavy (non-hydrogen) atoms. The molecule has 0 radical (unpaired) electrons. The van der Waals surface area contributed by atoms with Crippen molar-refractivity contribution in [2.75, 3.05) is 20.4 Å². The molecular weight excluding hydrogens is 478 g/mol. The van der Waals surface area contributed by atoms with E-state index in [0.29, 0.717) is 18.3 Å². The second kappa shape index (κ2) is 8.51. The Labute approximate surface area is 223 Å². The number of hydrogen-bond donors (Lipinski definition) is 0.